The number of carbonyl (C=O) groups excluding carboxylic acids is 2. The number of nitrogens with zero attached hydrogens (tertiary/aromatic N) is 4. The topological polar surface area (TPSA) is 100 Å². The Morgan fingerprint density at radius 3 is 2.49 bits per heavy atom. The van der Waals surface area contributed by atoms with Crippen molar-refractivity contribution in [2.24, 2.45) is 0 Å². The van der Waals surface area contributed by atoms with Gasteiger partial charge < -0.3 is 14.5 Å². The van der Waals surface area contributed by atoms with Crippen LogP contribution in [0.1, 0.15) is 41.3 Å². The number of sulfone groups is 1. The summed E-state index contributed by atoms with van der Waals surface area (Å²) in [6, 6.07) is 6.50. The van der Waals surface area contributed by atoms with Crippen LogP contribution in [0.3, 0.4) is 0 Å². The lowest BCUT2D eigenvalue weighted by molar-refractivity contribution is 0.0742. The van der Waals surface area contributed by atoms with Crippen LogP contribution < -0.4 is 9.80 Å². The lowest BCUT2D eigenvalue weighted by Gasteiger charge is -2.36. The first-order valence-corrected chi connectivity index (χ1v) is 13.8. The highest BCUT2D eigenvalue weighted by Crippen LogP contribution is 2.30. The van der Waals surface area contributed by atoms with Crippen molar-refractivity contribution in [3.63, 3.8) is 0 Å². The van der Waals surface area contributed by atoms with Gasteiger partial charge in [0.05, 0.1) is 16.5 Å². The molecule has 2 aliphatic rings. The zero-order valence-electron chi connectivity index (χ0n) is 20.7. The molecule has 9 nitrogen and oxygen atoms in total. The summed E-state index contributed by atoms with van der Waals surface area (Å²) in [6.07, 6.45) is 4.01. The SMILES string of the molecule is CCCC1COC(=O)N1c1ccc(C(=O)N2CCN(c3ncc(C)cc3C)CC2)c(S(C)(=O)=O)c1. The summed E-state index contributed by atoms with van der Waals surface area (Å²) in [6.45, 7) is 8.42. The summed E-state index contributed by atoms with van der Waals surface area (Å²) < 4.78 is 30.6. The highest BCUT2D eigenvalue weighted by atomic mass is 32.2. The zero-order valence-corrected chi connectivity index (χ0v) is 21.5. The van der Waals surface area contributed by atoms with Crippen LogP contribution in [0.5, 0.6) is 0 Å². The largest absolute Gasteiger partial charge is 0.447 e. The van der Waals surface area contributed by atoms with Gasteiger partial charge in [-0.25, -0.2) is 18.2 Å². The van der Waals surface area contributed by atoms with Crippen LogP contribution in [0, 0.1) is 13.8 Å². The van der Waals surface area contributed by atoms with Crippen molar-refractivity contribution in [2.75, 3.05) is 48.8 Å². The molecular weight excluding hydrogens is 468 g/mol. The Balaban J connectivity index is 1.56. The van der Waals surface area contributed by atoms with Gasteiger partial charge in [0.15, 0.2) is 9.84 Å². The third-order valence-electron chi connectivity index (χ3n) is 6.51. The summed E-state index contributed by atoms with van der Waals surface area (Å²) in [5, 5.41) is 0. The Morgan fingerprint density at radius 1 is 1.14 bits per heavy atom. The van der Waals surface area contributed by atoms with Crippen LogP contribution in [0.15, 0.2) is 35.4 Å². The van der Waals surface area contributed by atoms with E-state index < -0.39 is 15.9 Å². The molecule has 0 N–H and O–H groups in total. The Labute approximate surface area is 206 Å². The van der Waals surface area contributed by atoms with E-state index in [1.165, 1.54) is 17.0 Å². The fourth-order valence-corrected chi connectivity index (χ4v) is 5.69. The molecule has 1 atom stereocenters. The molecule has 35 heavy (non-hydrogen) atoms. The van der Waals surface area contributed by atoms with Crippen molar-refractivity contribution in [1.29, 1.82) is 0 Å². The second kappa shape index (κ2) is 9.85. The number of amides is 2. The van der Waals surface area contributed by atoms with Crippen molar-refractivity contribution in [2.45, 2.75) is 44.6 Å². The van der Waals surface area contributed by atoms with Gasteiger partial charge in [-0.1, -0.05) is 19.4 Å². The molecule has 0 radical (unpaired) electrons. The molecule has 0 spiro atoms. The Hall–Kier alpha value is -3.14. The number of benzene rings is 1. The molecule has 1 aromatic carbocycles. The number of cyclic esters (lactones) is 1. The van der Waals surface area contributed by atoms with E-state index >= 15 is 0 Å². The lowest BCUT2D eigenvalue weighted by Crippen LogP contribution is -2.49. The molecule has 3 heterocycles. The van der Waals surface area contributed by atoms with E-state index in [1.54, 1.807) is 11.0 Å². The molecule has 0 saturated carbocycles. The minimum absolute atomic E-state index is 0.0755. The van der Waals surface area contributed by atoms with Crippen molar-refractivity contribution in [3.05, 3.63) is 47.2 Å². The molecule has 0 aliphatic carbocycles. The molecule has 1 unspecified atom stereocenters. The molecule has 10 heteroatoms. The predicted octanol–water partition coefficient (Wildman–Crippen LogP) is 3.19. The van der Waals surface area contributed by atoms with Gasteiger partial charge in [0, 0.05) is 44.3 Å². The number of hydrogen-bond donors (Lipinski definition) is 0. The van der Waals surface area contributed by atoms with Gasteiger partial charge in [-0.15, -0.1) is 0 Å². The number of anilines is 2. The average molecular weight is 501 g/mol. The summed E-state index contributed by atoms with van der Waals surface area (Å²) >= 11 is 0. The van der Waals surface area contributed by atoms with Gasteiger partial charge in [-0.2, -0.15) is 0 Å². The minimum atomic E-state index is -3.73. The first-order valence-electron chi connectivity index (χ1n) is 11.9. The first-order chi connectivity index (χ1) is 16.6. The molecule has 188 valence electrons. The zero-order chi connectivity index (χ0) is 25.3. The number of aryl methyl sites for hydroxylation is 2. The summed E-state index contributed by atoms with van der Waals surface area (Å²) in [4.78, 5) is 35.5. The van der Waals surface area contributed by atoms with Gasteiger partial charge >= 0.3 is 6.09 Å². The Bertz CT molecular complexity index is 1240. The van der Waals surface area contributed by atoms with Crippen LogP contribution in [0.2, 0.25) is 0 Å². The normalized spacial score (nSPS) is 18.7. The maximum atomic E-state index is 13.4. The molecule has 0 bridgehead atoms. The molecule has 2 aliphatic heterocycles. The van der Waals surface area contributed by atoms with Gasteiger partial charge in [-0.05, 0) is 49.6 Å². The third-order valence-corrected chi connectivity index (χ3v) is 7.65. The summed E-state index contributed by atoms with van der Waals surface area (Å²) in [7, 11) is -3.73. The summed E-state index contributed by atoms with van der Waals surface area (Å²) in [5.41, 5.74) is 2.73. The smallest absolute Gasteiger partial charge is 0.414 e. The van der Waals surface area contributed by atoms with Crippen LogP contribution in [-0.4, -0.2) is 75.4 Å². The van der Waals surface area contributed by atoms with Crippen LogP contribution in [0.25, 0.3) is 0 Å². The van der Waals surface area contributed by atoms with Crippen LogP contribution >= 0.6 is 0 Å². The number of carbonyl (C=O) groups is 2. The second-order valence-corrected chi connectivity index (χ2v) is 11.3. The molecule has 2 fully saturated rings. The van der Waals surface area contributed by atoms with E-state index in [0.29, 0.717) is 31.9 Å². The Morgan fingerprint density at radius 2 is 1.86 bits per heavy atom. The molecule has 1 aromatic heterocycles. The quantitative estimate of drug-likeness (QED) is 0.600. The van der Waals surface area contributed by atoms with Gasteiger partial charge in [0.25, 0.3) is 5.91 Å². The molecule has 2 saturated heterocycles. The fourth-order valence-electron chi connectivity index (χ4n) is 4.80. The Kier molecular flexibility index (Phi) is 7.02. The number of rotatable bonds is 6. The highest BCUT2D eigenvalue weighted by Gasteiger charge is 2.35. The van der Waals surface area contributed by atoms with Gasteiger partial charge in [0.1, 0.15) is 12.4 Å². The number of hydrogen-bond acceptors (Lipinski definition) is 7. The van der Waals surface area contributed by atoms with E-state index in [2.05, 4.69) is 16.0 Å². The molecular formula is C25H32N4O5S. The van der Waals surface area contributed by atoms with E-state index in [9.17, 15) is 18.0 Å². The molecule has 4 rings (SSSR count). The second-order valence-electron chi connectivity index (χ2n) is 9.27. The highest BCUT2D eigenvalue weighted by molar-refractivity contribution is 7.90. The third kappa shape index (κ3) is 5.12. The fraction of sp³-hybridized carbons (Fsp3) is 0.480. The minimum Gasteiger partial charge on any atom is -0.447 e. The van der Waals surface area contributed by atoms with E-state index in [0.717, 1.165) is 36.0 Å². The number of piperazine rings is 1. The van der Waals surface area contributed by atoms with E-state index in [-0.39, 0.29) is 29.0 Å². The maximum absolute atomic E-state index is 13.4. The number of pyridine rings is 1. The van der Waals surface area contributed by atoms with E-state index in [1.807, 2.05) is 27.0 Å². The van der Waals surface area contributed by atoms with Gasteiger partial charge in [-0.3, -0.25) is 9.69 Å². The summed E-state index contributed by atoms with van der Waals surface area (Å²) in [5.74, 6) is 0.572. The van der Waals surface area contributed by atoms with E-state index in [4.69, 9.17) is 4.74 Å². The average Bonchev–Trinajstić information content (AvgIpc) is 3.18. The number of ether oxygens (including phenoxy) is 1. The molecule has 2 amide bonds. The lowest BCUT2D eigenvalue weighted by atomic mass is 10.1. The van der Waals surface area contributed by atoms with Crippen molar-refractivity contribution in [3.8, 4) is 0 Å². The maximum Gasteiger partial charge on any atom is 0.414 e. The standard InChI is InChI=1S/C25H32N4O5S/c1-5-6-20-16-34-25(31)29(20)19-7-8-21(22(14-19)35(4,32)33)24(30)28-11-9-27(10-12-28)23-18(3)13-17(2)15-26-23/h7-8,13-15,20H,5-6,9-12,16H2,1-4H3. The predicted molar refractivity (Wildman–Crippen MR) is 134 cm³/mol. The van der Waals surface area contributed by atoms with Crippen molar-refractivity contribution in [1.82, 2.24) is 9.88 Å². The van der Waals surface area contributed by atoms with Crippen LogP contribution in [-0.2, 0) is 14.6 Å². The van der Waals surface area contributed by atoms with Crippen molar-refractivity contribution >= 4 is 33.3 Å². The number of aromatic nitrogens is 1. The van der Waals surface area contributed by atoms with Crippen molar-refractivity contribution < 1.29 is 22.7 Å². The monoisotopic (exact) mass is 500 g/mol. The van der Waals surface area contributed by atoms with Crippen LogP contribution in [0.4, 0.5) is 16.3 Å². The first kappa shape index (κ1) is 25.0. The molecule has 2 aromatic rings. The van der Waals surface area contributed by atoms with Gasteiger partial charge in [0.2, 0.25) is 0 Å².